The molecule has 0 atom stereocenters. The van der Waals surface area contributed by atoms with Crippen molar-refractivity contribution < 1.29 is 4.79 Å². The number of carbonyl (C=O) groups is 1. The predicted molar refractivity (Wildman–Crippen MR) is 72.2 cm³/mol. The van der Waals surface area contributed by atoms with Crippen molar-refractivity contribution in [3.05, 3.63) is 10.6 Å². The van der Waals surface area contributed by atoms with Crippen molar-refractivity contribution in [1.82, 2.24) is 4.98 Å². The van der Waals surface area contributed by atoms with E-state index in [1.807, 2.05) is 0 Å². The summed E-state index contributed by atoms with van der Waals surface area (Å²) in [5, 5.41) is 1.02. The highest BCUT2D eigenvalue weighted by molar-refractivity contribution is 7.17. The summed E-state index contributed by atoms with van der Waals surface area (Å²) < 4.78 is 0. The number of aromatic nitrogens is 1. The molecule has 0 bridgehead atoms. The van der Waals surface area contributed by atoms with Gasteiger partial charge in [-0.1, -0.05) is 31.1 Å². The Kier molecular flexibility index (Phi) is 4.15. The van der Waals surface area contributed by atoms with Crippen LogP contribution in [0.2, 0.25) is 0 Å². The molecule has 3 nitrogen and oxygen atoms in total. The summed E-state index contributed by atoms with van der Waals surface area (Å²) in [6.07, 6.45) is 6.34. The van der Waals surface area contributed by atoms with Gasteiger partial charge in [0, 0.05) is 20.0 Å². The molecule has 0 saturated carbocycles. The molecule has 0 aliphatic heterocycles. The van der Waals surface area contributed by atoms with Crippen LogP contribution in [-0.4, -0.2) is 24.4 Å². The van der Waals surface area contributed by atoms with E-state index in [4.69, 9.17) is 0 Å². The van der Waals surface area contributed by atoms with Gasteiger partial charge in [-0.15, -0.1) is 0 Å². The molecule has 1 aromatic rings. The summed E-state index contributed by atoms with van der Waals surface area (Å²) in [5.41, 5.74) is 1.03. The molecule has 0 N–H and O–H groups in total. The first-order valence-corrected chi connectivity index (χ1v) is 7.28. The number of nitrogens with zero attached hydrogens (tertiary/aromatic N) is 2. The number of Topliss-reactive ketones (excluding diaryl/α,β-unsaturated/α-hetero) is 1. The van der Waals surface area contributed by atoms with Gasteiger partial charge in [0.1, 0.15) is 0 Å². The van der Waals surface area contributed by atoms with E-state index in [2.05, 4.69) is 23.9 Å². The van der Waals surface area contributed by atoms with Crippen LogP contribution in [0, 0.1) is 0 Å². The Hall–Kier alpha value is -0.900. The molecule has 0 spiro atoms. The van der Waals surface area contributed by atoms with E-state index >= 15 is 0 Å². The number of carbonyl (C=O) groups excluding carboxylic acids is 1. The summed E-state index contributed by atoms with van der Waals surface area (Å²) in [5.74, 6) is 0.289. The van der Waals surface area contributed by atoms with E-state index < -0.39 is 0 Å². The number of hydrogen-bond donors (Lipinski definition) is 0. The zero-order chi connectivity index (χ0) is 12.3. The second-order valence-corrected chi connectivity index (χ2v) is 5.66. The predicted octanol–water partition coefficient (Wildman–Crippen LogP) is 3.29. The lowest BCUT2D eigenvalue weighted by Gasteiger charge is -2.14. The first-order valence-electron chi connectivity index (χ1n) is 6.46. The molecule has 1 aliphatic carbocycles. The van der Waals surface area contributed by atoms with Crippen molar-refractivity contribution in [1.29, 1.82) is 0 Å². The smallest absolute Gasteiger partial charge is 0.185 e. The van der Waals surface area contributed by atoms with E-state index in [-0.39, 0.29) is 5.78 Å². The van der Waals surface area contributed by atoms with Crippen LogP contribution in [0.3, 0.4) is 0 Å². The third-order valence-electron chi connectivity index (χ3n) is 3.18. The lowest BCUT2D eigenvalue weighted by atomic mass is 10.0. The topological polar surface area (TPSA) is 33.2 Å². The lowest BCUT2D eigenvalue weighted by Crippen LogP contribution is -2.18. The van der Waals surface area contributed by atoms with Crippen LogP contribution < -0.4 is 4.90 Å². The minimum atomic E-state index is 0.289. The molecule has 1 aliphatic rings. The van der Waals surface area contributed by atoms with Crippen molar-refractivity contribution >= 4 is 22.3 Å². The maximum absolute atomic E-state index is 11.7. The van der Waals surface area contributed by atoms with Crippen molar-refractivity contribution in [2.24, 2.45) is 0 Å². The zero-order valence-electron chi connectivity index (χ0n) is 10.7. The summed E-state index contributed by atoms with van der Waals surface area (Å²) in [6, 6.07) is 0. The summed E-state index contributed by atoms with van der Waals surface area (Å²) in [6.45, 7) is 3.25. The van der Waals surface area contributed by atoms with Crippen molar-refractivity contribution in [3.8, 4) is 0 Å². The number of anilines is 1. The molecule has 0 aromatic carbocycles. The maximum Gasteiger partial charge on any atom is 0.185 e. The van der Waals surface area contributed by atoms with Gasteiger partial charge >= 0.3 is 0 Å². The second kappa shape index (κ2) is 5.63. The largest absolute Gasteiger partial charge is 0.351 e. The highest BCUT2D eigenvalue weighted by atomic mass is 32.1. The van der Waals surface area contributed by atoms with E-state index in [1.165, 1.54) is 19.3 Å². The quantitative estimate of drug-likeness (QED) is 0.754. The Morgan fingerprint density at radius 3 is 2.88 bits per heavy atom. The van der Waals surface area contributed by atoms with Gasteiger partial charge < -0.3 is 4.90 Å². The number of ketones is 1. The Labute approximate surface area is 107 Å². The highest BCUT2D eigenvalue weighted by Gasteiger charge is 2.23. The van der Waals surface area contributed by atoms with Crippen LogP contribution in [-0.2, 0) is 6.42 Å². The Bertz CT molecular complexity index is 400. The van der Waals surface area contributed by atoms with Gasteiger partial charge in [0.2, 0.25) is 0 Å². The molecule has 4 heteroatoms. The molecule has 0 fully saturated rings. The van der Waals surface area contributed by atoms with Crippen molar-refractivity contribution in [2.75, 3.05) is 18.5 Å². The van der Waals surface area contributed by atoms with Gasteiger partial charge in [0.25, 0.3) is 0 Å². The fourth-order valence-electron chi connectivity index (χ4n) is 2.11. The molecule has 17 heavy (non-hydrogen) atoms. The van der Waals surface area contributed by atoms with Gasteiger partial charge in [-0.25, -0.2) is 4.98 Å². The average Bonchev–Trinajstić information content (AvgIpc) is 2.75. The number of fused-ring (bicyclic) bond motifs is 1. The van der Waals surface area contributed by atoms with Gasteiger partial charge in [-0.3, -0.25) is 4.79 Å². The van der Waals surface area contributed by atoms with Crippen molar-refractivity contribution in [2.45, 2.75) is 45.4 Å². The van der Waals surface area contributed by atoms with E-state index in [0.29, 0.717) is 6.42 Å². The fourth-order valence-corrected chi connectivity index (χ4v) is 3.18. The molecular weight excluding hydrogens is 232 g/mol. The fraction of sp³-hybridized carbons (Fsp3) is 0.692. The third kappa shape index (κ3) is 2.86. The molecule has 0 amide bonds. The molecular formula is C13H20N2OS. The van der Waals surface area contributed by atoms with Crippen molar-refractivity contribution in [3.63, 3.8) is 0 Å². The number of thiazole rings is 1. The number of hydrogen-bond acceptors (Lipinski definition) is 4. The summed E-state index contributed by atoms with van der Waals surface area (Å²) >= 11 is 1.57. The molecule has 2 rings (SSSR count). The van der Waals surface area contributed by atoms with Gasteiger partial charge in [0.15, 0.2) is 10.9 Å². The molecule has 1 heterocycles. The van der Waals surface area contributed by atoms with E-state index in [0.717, 1.165) is 35.1 Å². The van der Waals surface area contributed by atoms with Crippen LogP contribution in [0.1, 0.15) is 54.4 Å². The zero-order valence-corrected chi connectivity index (χ0v) is 11.5. The molecule has 94 valence electrons. The lowest BCUT2D eigenvalue weighted by molar-refractivity contribution is 0.0976. The average molecular weight is 252 g/mol. The first kappa shape index (κ1) is 12.6. The van der Waals surface area contributed by atoms with Crippen LogP contribution in [0.15, 0.2) is 0 Å². The number of unbranched alkanes of at least 4 members (excludes halogenated alkanes) is 2. The Morgan fingerprint density at radius 1 is 1.35 bits per heavy atom. The van der Waals surface area contributed by atoms with Crippen LogP contribution >= 0.6 is 11.3 Å². The number of rotatable bonds is 5. The monoisotopic (exact) mass is 252 g/mol. The highest BCUT2D eigenvalue weighted by Crippen LogP contribution is 2.31. The minimum Gasteiger partial charge on any atom is -0.351 e. The number of aryl methyl sites for hydroxylation is 1. The van der Waals surface area contributed by atoms with Crippen LogP contribution in [0.5, 0.6) is 0 Å². The maximum atomic E-state index is 11.7. The molecule has 0 saturated heterocycles. The summed E-state index contributed by atoms with van der Waals surface area (Å²) in [4.78, 5) is 19.4. The standard InChI is InChI=1S/C13H20N2OS/c1-3-4-5-9-15(2)13-14-10-7-6-8-11(16)12(10)17-13/h3-9H2,1-2H3. The summed E-state index contributed by atoms with van der Waals surface area (Å²) in [7, 11) is 2.07. The first-order chi connectivity index (χ1) is 8.22. The van der Waals surface area contributed by atoms with Gasteiger partial charge in [0.05, 0.1) is 10.6 Å². The van der Waals surface area contributed by atoms with E-state index in [1.54, 1.807) is 11.3 Å². The molecule has 1 aromatic heterocycles. The second-order valence-electron chi connectivity index (χ2n) is 4.68. The normalized spacial score (nSPS) is 14.8. The Morgan fingerprint density at radius 2 is 2.18 bits per heavy atom. The van der Waals surface area contributed by atoms with Crippen LogP contribution in [0.25, 0.3) is 0 Å². The SMILES string of the molecule is CCCCCN(C)c1nc2c(s1)C(=O)CCC2. The van der Waals surface area contributed by atoms with E-state index in [9.17, 15) is 4.79 Å². The van der Waals surface area contributed by atoms with Gasteiger partial charge in [-0.05, 0) is 19.3 Å². The Balaban J connectivity index is 2.04. The minimum absolute atomic E-state index is 0.289. The van der Waals surface area contributed by atoms with Gasteiger partial charge in [-0.2, -0.15) is 0 Å². The third-order valence-corrected chi connectivity index (χ3v) is 4.43. The molecule has 0 unspecified atom stereocenters. The van der Waals surface area contributed by atoms with Crippen LogP contribution in [0.4, 0.5) is 5.13 Å². The molecule has 0 radical (unpaired) electrons.